The predicted octanol–water partition coefficient (Wildman–Crippen LogP) is 3.27. The topological polar surface area (TPSA) is 71.0 Å². The Kier molecular flexibility index (Phi) is 5.43. The second-order valence-corrected chi connectivity index (χ2v) is 8.17. The smallest absolute Gasteiger partial charge is 0.223 e. The largest absolute Gasteiger partial charge is 0.353 e. The van der Waals surface area contributed by atoms with Gasteiger partial charge in [0.15, 0.2) is 5.01 Å². The van der Waals surface area contributed by atoms with Crippen LogP contribution in [-0.4, -0.2) is 40.2 Å². The van der Waals surface area contributed by atoms with Crippen molar-refractivity contribution in [3.63, 3.8) is 0 Å². The van der Waals surface area contributed by atoms with Gasteiger partial charge in [0, 0.05) is 31.2 Å². The SMILES string of the molecule is O=C(NC1CCN(c2nnc(-c3ccccn3)s2)CC1)C1CCCCC1. The van der Waals surface area contributed by atoms with E-state index in [2.05, 4.69) is 25.4 Å². The third-order valence-electron chi connectivity index (χ3n) is 5.39. The van der Waals surface area contributed by atoms with Gasteiger partial charge in [0.05, 0.1) is 0 Å². The summed E-state index contributed by atoms with van der Waals surface area (Å²) in [5.74, 6) is 0.516. The van der Waals surface area contributed by atoms with Gasteiger partial charge in [-0.05, 0) is 37.8 Å². The molecule has 4 rings (SSSR count). The fraction of sp³-hybridized carbons (Fsp3) is 0.579. The molecule has 7 heteroatoms. The van der Waals surface area contributed by atoms with Gasteiger partial charge >= 0.3 is 0 Å². The monoisotopic (exact) mass is 371 g/mol. The molecule has 0 atom stereocenters. The van der Waals surface area contributed by atoms with E-state index in [1.54, 1.807) is 17.5 Å². The second-order valence-electron chi connectivity index (χ2n) is 7.21. The molecule has 26 heavy (non-hydrogen) atoms. The highest BCUT2D eigenvalue weighted by Gasteiger charge is 2.27. The lowest BCUT2D eigenvalue weighted by molar-refractivity contribution is -0.126. The molecule has 2 aromatic heterocycles. The van der Waals surface area contributed by atoms with Crippen LogP contribution in [0.2, 0.25) is 0 Å². The molecule has 1 aliphatic heterocycles. The molecule has 1 saturated heterocycles. The molecule has 3 heterocycles. The Hall–Kier alpha value is -2.02. The zero-order valence-electron chi connectivity index (χ0n) is 14.9. The minimum atomic E-state index is 0.242. The average Bonchev–Trinajstić information content (AvgIpc) is 3.20. The van der Waals surface area contributed by atoms with Crippen LogP contribution in [0, 0.1) is 5.92 Å². The number of hydrogen-bond acceptors (Lipinski definition) is 6. The van der Waals surface area contributed by atoms with Crippen LogP contribution in [0.4, 0.5) is 5.13 Å². The summed E-state index contributed by atoms with van der Waals surface area (Å²) in [4.78, 5) is 19.0. The Morgan fingerprint density at radius 2 is 1.88 bits per heavy atom. The summed E-state index contributed by atoms with van der Waals surface area (Å²) in [7, 11) is 0. The summed E-state index contributed by atoms with van der Waals surface area (Å²) >= 11 is 1.58. The Balaban J connectivity index is 1.30. The lowest BCUT2D eigenvalue weighted by Gasteiger charge is -2.33. The van der Waals surface area contributed by atoms with Gasteiger partial charge in [-0.2, -0.15) is 0 Å². The zero-order chi connectivity index (χ0) is 17.8. The molecule has 0 spiro atoms. The molecular formula is C19H25N5OS. The highest BCUT2D eigenvalue weighted by atomic mass is 32.1. The highest BCUT2D eigenvalue weighted by Crippen LogP contribution is 2.29. The quantitative estimate of drug-likeness (QED) is 0.893. The number of rotatable bonds is 4. The molecule has 0 unspecified atom stereocenters. The van der Waals surface area contributed by atoms with E-state index >= 15 is 0 Å². The molecule has 2 aliphatic rings. The summed E-state index contributed by atoms with van der Waals surface area (Å²) in [5, 5.41) is 13.7. The molecule has 6 nitrogen and oxygen atoms in total. The van der Waals surface area contributed by atoms with Gasteiger partial charge in [-0.1, -0.05) is 36.7 Å². The lowest BCUT2D eigenvalue weighted by atomic mass is 9.88. The number of anilines is 1. The Morgan fingerprint density at radius 1 is 1.08 bits per heavy atom. The number of nitrogens with zero attached hydrogens (tertiary/aromatic N) is 4. The van der Waals surface area contributed by atoms with Gasteiger partial charge in [0.1, 0.15) is 5.69 Å². The highest BCUT2D eigenvalue weighted by molar-refractivity contribution is 7.18. The second kappa shape index (κ2) is 8.12. The van der Waals surface area contributed by atoms with Gasteiger partial charge in [-0.25, -0.2) is 0 Å². The van der Waals surface area contributed by atoms with Crippen LogP contribution < -0.4 is 10.2 Å². The maximum absolute atomic E-state index is 12.4. The lowest BCUT2D eigenvalue weighted by Crippen LogP contribution is -2.46. The Bertz CT molecular complexity index is 721. The van der Waals surface area contributed by atoms with Crippen LogP contribution in [0.25, 0.3) is 10.7 Å². The van der Waals surface area contributed by atoms with Crippen LogP contribution in [0.5, 0.6) is 0 Å². The van der Waals surface area contributed by atoms with Crippen LogP contribution in [0.3, 0.4) is 0 Å². The summed E-state index contributed by atoms with van der Waals surface area (Å²) < 4.78 is 0. The summed E-state index contributed by atoms with van der Waals surface area (Å²) in [6, 6.07) is 6.11. The average molecular weight is 372 g/mol. The number of hydrogen-bond donors (Lipinski definition) is 1. The fourth-order valence-corrected chi connectivity index (χ4v) is 4.71. The molecule has 1 N–H and O–H groups in total. The number of carbonyl (C=O) groups is 1. The van der Waals surface area contributed by atoms with Gasteiger partial charge < -0.3 is 10.2 Å². The van der Waals surface area contributed by atoms with Crippen LogP contribution in [-0.2, 0) is 4.79 Å². The molecule has 1 saturated carbocycles. The van der Waals surface area contributed by atoms with Crippen molar-refractivity contribution in [3.05, 3.63) is 24.4 Å². The van der Waals surface area contributed by atoms with Crippen molar-refractivity contribution in [2.75, 3.05) is 18.0 Å². The van der Waals surface area contributed by atoms with Gasteiger partial charge in [0.2, 0.25) is 11.0 Å². The molecule has 2 fully saturated rings. The van der Waals surface area contributed by atoms with Crippen molar-refractivity contribution in [2.24, 2.45) is 5.92 Å². The minimum Gasteiger partial charge on any atom is -0.353 e. The van der Waals surface area contributed by atoms with E-state index in [-0.39, 0.29) is 11.8 Å². The van der Waals surface area contributed by atoms with Crippen molar-refractivity contribution in [1.29, 1.82) is 0 Å². The number of piperidine rings is 1. The summed E-state index contributed by atoms with van der Waals surface area (Å²) in [6.45, 7) is 1.82. The molecular weight excluding hydrogens is 346 g/mol. The standard InChI is InChI=1S/C19H25N5OS/c25-17(14-6-2-1-3-7-14)21-15-9-12-24(13-10-15)19-23-22-18(26-19)16-8-4-5-11-20-16/h4-5,8,11,14-15H,1-3,6-7,9-10,12-13H2,(H,21,25). The molecule has 138 valence electrons. The van der Waals surface area contributed by atoms with Crippen molar-refractivity contribution in [1.82, 2.24) is 20.5 Å². The molecule has 1 amide bonds. The van der Waals surface area contributed by atoms with Crippen LogP contribution in [0.1, 0.15) is 44.9 Å². The first kappa shape index (κ1) is 17.4. The third kappa shape index (κ3) is 4.03. The number of carbonyl (C=O) groups excluding carboxylic acids is 1. The number of pyridine rings is 1. The third-order valence-corrected chi connectivity index (χ3v) is 6.39. The maximum Gasteiger partial charge on any atom is 0.223 e. The first-order valence-corrected chi connectivity index (χ1v) is 10.4. The van der Waals surface area contributed by atoms with Crippen molar-refractivity contribution < 1.29 is 4.79 Å². The van der Waals surface area contributed by atoms with E-state index in [1.807, 2.05) is 18.2 Å². The molecule has 1 aliphatic carbocycles. The number of amides is 1. The normalized spacial score (nSPS) is 19.5. The summed E-state index contributed by atoms with van der Waals surface area (Å²) in [6.07, 6.45) is 9.52. The van der Waals surface area contributed by atoms with E-state index < -0.39 is 0 Å². The van der Waals surface area contributed by atoms with Crippen LogP contribution >= 0.6 is 11.3 Å². The number of aromatic nitrogens is 3. The zero-order valence-corrected chi connectivity index (χ0v) is 15.7. The van der Waals surface area contributed by atoms with E-state index in [0.29, 0.717) is 6.04 Å². The molecule has 0 bridgehead atoms. The van der Waals surface area contributed by atoms with E-state index in [1.165, 1.54) is 19.3 Å². The minimum absolute atomic E-state index is 0.242. The first-order valence-electron chi connectivity index (χ1n) is 9.60. The van der Waals surface area contributed by atoms with E-state index in [9.17, 15) is 4.79 Å². The van der Waals surface area contributed by atoms with Crippen molar-refractivity contribution >= 4 is 22.4 Å². The Morgan fingerprint density at radius 3 is 2.62 bits per heavy atom. The first-order chi connectivity index (χ1) is 12.8. The molecule has 0 radical (unpaired) electrons. The van der Waals surface area contributed by atoms with Crippen molar-refractivity contribution in [3.8, 4) is 10.7 Å². The summed E-state index contributed by atoms with van der Waals surface area (Å²) in [5.41, 5.74) is 0.867. The molecule has 0 aromatic carbocycles. The van der Waals surface area contributed by atoms with Gasteiger partial charge in [-0.15, -0.1) is 10.2 Å². The predicted molar refractivity (Wildman–Crippen MR) is 103 cm³/mol. The van der Waals surface area contributed by atoms with E-state index in [4.69, 9.17) is 0 Å². The molecule has 2 aromatic rings. The Labute approximate surface area is 158 Å². The van der Waals surface area contributed by atoms with Crippen molar-refractivity contribution in [2.45, 2.75) is 51.0 Å². The number of nitrogens with one attached hydrogen (secondary N) is 1. The fourth-order valence-electron chi connectivity index (χ4n) is 3.83. The van der Waals surface area contributed by atoms with Gasteiger partial charge in [0.25, 0.3) is 0 Å². The van der Waals surface area contributed by atoms with Gasteiger partial charge in [-0.3, -0.25) is 9.78 Å². The maximum atomic E-state index is 12.4. The van der Waals surface area contributed by atoms with Crippen LogP contribution in [0.15, 0.2) is 24.4 Å². The van der Waals surface area contributed by atoms with E-state index in [0.717, 1.165) is 54.6 Å².